The zero-order valence-electron chi connectivity index (χ0n) is 22.7. The minimum absolute atomic E-state index is 0.0109. The zero-order chi connectivity index (χ0) is 25.9. The van der Waals surface area contributed by atoms with Gasteiger partial charge < -0.3 is 0 Å². The van der Waals surface area contributed by atoms with E-state index < -0.39 is 17.8 Å². The van der Waals surface area contributed by atoms with Crippen LogP contribution in [0.5, 0.6) is 11.5 Å². The van der Waals surface area contributed by atoms with Crippen LogP contribution in [0.3, 0.4) is 0 Å². The summed E-state index contributed by atoms with van der Waals surface area (Å²) in [6.07, 6.45) is 5.58. The molecular formula is C33H38O2Ti. The molecule has 0 heterocycles. The normalized spacial score (nSPS) is 13.6. The first kappa shape index (κ1) is 26.4. The fourth-order valence-corrected chi connectivity index (χ4v) is 8.91. The molecule has 0 atom stereocenters. The molecule has 2 nitrogen and oxygen atoms in total. The van der Waals surface area contributed by atoms with Gasteiger partial charge in [-0.25, -0.2) is 0 Å². The Morgan fingerprint density at radius 3 is 1.78 bits per heavy atom. The standard InChI is InChI=1S/C13H10.C11H16O2.C9H13.Ti/c1-3-7-12(8-4-1)11-13-9-5-2-6-10-13;1-11(2,3)8-5-9(12)7-10(6-8)13-4;1-9(2,3)8-6-4-5-7-8;/h1-10H;5-7,12H,1-4H3;4,6H,5H2,1-3H3;/q;;;+1/p-1. The fraction of sp³-hybridized carbons (Fsp3) is 0.303. The Labute approximate surface area is 223 Å². The van der Waals surface area contributed by atoms with Crippen LogP contribution in [0, 0.1) is 5.41 Å². The summed E-state index contributed by atoms with van der Waals surface area (Å²) >= 11 is -2.55. The Morgan fingerprint density at radius 1 is 0.722 bits per heavy atom. The molecule has 0 N–H and O–H groups in total. The summed E-state index contributed by atoms with van der Waals surface area (Å²) in [7, 11) is 1.73. The van der Waals surface area contributed by atoms with Gasteiger partial charge in [0.1, 0.15) is 0 Å². The van der Waals surface area contributed by atoms with Crippen LogP contribution in [0.25, 0.3) is 0 Å². The Kier molecular flexibility index (Phi) is 7.88. The molecule has 0 bridgehead atoms. The Hall–Kier alpha value is -2.68. The number of rotatable bonds is 6. The van der Waals surface area contributed by atoms with Crippen molar-refractivity contribution in [2.45, 2.75) is 53.4 Å². The molecule has 0 radical (unpaired) electrons. The molecule has 0 aliphatic heterocycles. The maximum absolute atomic E-state index is 7.22. The topological polar surface area (TPSA) is 18.5 Å². The molecule has 0 spiro atoms. The molecule has 0 amide bonds. The quantitative estimate of drug-likeness (QED) is 0.307. The summed E-state index contributed by atoms with van der Waals surface area (Å²) in [6.45, 7) is 13.6. The van der Waals surface area contributed by atoms with Crippen LogP contribution in [-0.2, 0) is 23.2 Å². The van der Waals surface area contributed by atoms with Crippen LogP contribution < -0.4 is 8.06 Å². The van der Waals surface area contributed by atoms with Crippen molar-refractivity contribution >= 4 is 3.81 Å². The average molecular weight is 515 g/mol. The third kappa shape index (κ3) is 5.99. The monoisotopic (exact) mass is 514 g/mol. The molecule has 0 fully saturated rings. The van der Waals surface area contributed by atoms with Gasteiger partial charge in [-0.1, -0.05) is 0 Å². The van der Waals surface area contributed by atoms with Gasteiger partial charge in [0.15, 0.2) is 0 Å². The van der Waals surface area contributed by atoms with Crippen molar-refractivity contribution in [2.75, 3.05) is 7.11 Å². The van der Waals surface area contributed by atoms with Crippen LogP contribution in [-0.4, -0.2) is 10.9 Å². The molecule has 3 aromatic carbocycles. The molecule has 0 saturated carbocycles. The van der Waals surface area contributed by atoms with Gasteiger partial charge in [-0.3, -0.25) is 0 Å². The Bertz CT molecular complexity index is 1260. The third-order valence-electron chi connectivity index (χ3n) is 6.57. The van der Waals surface area contributed by atoms with Crippen molar-refractivity contribution in [3.05, 3.63) is 117 Å². The Balaban J connectivity index is 2.03. The molecule has 3 aromatic rings. The van der Waals surface area contributed by atoms with E-state index in [0.29, 0.717) is 0 Å². The predicted molar refractivity (Wildman–Crippen MR) is 149 cm³/mol. The first-order valence-electron chi connectivity index (χ1n) is 12.7. The zero-order valence-corrected chi connectivity index (χ0v) is 24.2. The summed E-state index contributed by atoms with van der Waals surface area (Å²) in [5, 5.41) is 0. The molecule has 186 valence electrons. The number of ether oxygens (including phenoxy) is 1. The van der Waals surface area contributed by atoms with Crippen LogP contribution >= 0.6 is 0 Å². The maximum atomic E-state index is 7.22. The fourth-order valence-electron chi connectivity index (χ4n) is 4.62. The van der Waals surface area contributed by atoms with E-state index in [1.54, 1.807) is 7.11 Å². The van der Waals surface area contributed by atoms with E-state index in [9.17, 15) is 0 Å². The van der Waals surface area contributed by atoms with Gasteiger partial charge in [-0.05, 0) is 0 Å². The van der Waals surface area contributed by atoms with Gasteiger partial charge >= 0.3 is 224 Å². The molecule has 0 saturated heterocycles. The van der Waals surface area contributed by atoms with Crippen molar-refractivity contribution in [3.8, 4) is 11.5 Å². The van der Waals surface area contributed by atoms with E-state index in [1.165, 1.54) is 30.0 Å². The average Bonchev–Trinajstić information content (AvgIpc) is 3.35. The van der Waals surface area contributed by atoms with Crippen molar-refractivity contribution in [1.82, 2.24) is 0 Å². The second-order valence-corrected chi connectivity index (χ2v) is 14.5. The molecule has 1 aliphatic rings. The van der Waals surface area contributed by atoms with Crippen molar-refractivity contribution in [1.29, 1.82) is 0 Å². The molecule has 3 heteroatoms. The van der Waals surface area contributed by atoms with E-state index in [2.05, 4.69) is 133 Å². The van der Waals surface area contributed by atoms with E-state index in [4.69, 9.17) is 8.06 Å². The van der Waals surface area contributed by atoms with E-state index >= 15 is 0 Å². The summed E-state index contributed by atoms with van der Waals surface area (Å²) in [4.78, 5) is 0. The number of allylic oxidation sites excluding steroid dienone is 4. The summed E-state index contributed by atoms with van der Waals surface area (Å²) in [5.74, 6) is 1.73. The third-order valence-corrected chi connectivity index (χ3v) is 10.5. The molecule has 0 aromatic heterocycles. The van der Waals surface area contributed by atoms with E-state index in [0.717, 1.165) is 17.9 Å². The molecule has 36 heavy (non-hydrogen) atoms. The van der Waals surface area contributed by atoms with Crippen molar-refractivity contribution in [2.24, 2.45) is 5.41 Å². The number of benzene rings is 3. The number of hydrogen-bond acceptors (Lipinski definition) is 2. The van der Waals surface area contributed by atoms with E-state index in [1.807, 2.05) is 0 Å². The van der Waals surface area contributed by atoms with Gasteiger partial charge in [0.25, 0.3) is 0 Å². The summed E-state index contributed by atoms with van der Waals surface area (Å²) < 4.78 is 15.8. The predicted octanol–water partition coefficient (Wildman–Crippen LogP) is 8.43. The van der Waals surface area contributed by atoms with Gasteiger partial charge in [0, 0.05) is 0 Å². The van der Waals surface area contributed by atoms with Crippen LogP contribution in [0.2, 0.25) is 0 Å². The van der Waals surface area contributed by atoms with E-state index in [-0.39, 0.29) is 10.8 Å². The van der Waals surface area contributed by atoms with Crippen molar-refractivity contribution < 1.29 is 25.9 Å². The van der Waals surface area contributed by atoms with Gasteiger partial charge in [-0.2, -0.15) is 0 Å². The number of hydrogen-bond donors (Lipinski definition) is 0. The molecule has 0 unspecified atom stereocenters. The SMILES string of the molecule is COc1cc([O][Ti]([C]2=C(C(C)(C)C)C=CC2)=[C](c2ccccc2)c2ccccc2)cc(C(C)(C)C)c1. The molecule has 1 aliphatic carbocycles. The minimum atomic E-state index is -2.55. The van der Waals surface area contributed by atoms with Gasteiger partial charge in [-0.15, -0.1) is 0 Å². The molecular weight excluding hydrogens is 476 g/mol. The first-order chi connectivity index (χ1) is 17.1. The summed E-state index contributed by atoms with van der Waals surface area (Å²) in [5.41, 5.74) is 5.15. The second kappa shape index (κ2) is 10.7. The van der Waals surface area contributed by atoms with Crippen molar-refractivity contribution in [3.63, 3.8) is 0 Å². The Morgan fingerprint density at radius 2 is 1.28 bits per heavy atom. The molecule has 4 rings (SSSR count). The van der Waals surface area contributed by atoms with Gasteiger partial charge in [0.2, 0.25) is 0 Å². The number of methoxy groups -OCH3 is 1. The second-order valence-electron chi connectivity index (χ2n) is 11.4. The van der Waals surface area contributed by atoms with Gasteiger partial charge in [0.05, 0.1) is 0 Å². The van der Waals surface area contributed by atoms with Crippen LogP contribution in [0.1, 0.15) is 64.7 Å². The first-order valence-corrected chi connectivity index (χ1v) is 14.9. The van der Waals surface area contributed by atoms with Crippen LogP contribution in [0.15, 0.2) is 100 Å². The van der Waals surface area contributed by atoms with Crippen LogP contribution in [0.4, 0.5) is 0 Å². The summed E-state index contributed by atoms with van der Waals surface area (Å²) in [6, 6.07) is 28.0.